The van der Waals surface area contributed by atoms with Crippen LogP contribution in [-0.2, 0) is 9.53 Å². The van der Waals surface area contributed by atoms with E-state index in [0.717, 1.165) is 12.1 Å². The van der Waals surface area contributed by atoms with Gasteiger partial charge in [-0.05, 0) is 30.3 Å². The summed E-state index contributed by atoms with van der Waals surface area (Å²) in [6, 6.07) is 7.15. The first kappa shape index (κ1) is 16.2. The van der Waals surface area contributed by atoms with E-state index in [1.54, 1.807) is 12.1 Å². The lowest BCUT2D eigenvalue weighted by molar-refractivity contribution is -0.402. The SMILES string of the molecule is O=C(/C=C/c1ccc([N+](=O)[O-])o1)OCC(=O)c1ccc2c(c1)OCO2. The molecule has 9 heteroatoms. The third-order valence-corrected chi connectivity index (χ3v) is 3.22. The zero-order valence-corrected chi connectivity index (χ0v) is 12.7. The number of esters is 1. The van der Waals surface area contributed by atoms with Crippen molar-refractivity contribution in [3.8, 4) is 11.5 Å². The summed E-state index contributed by atoms with van der Waals surface area (Å²) in [4.78, 5) is 33.4. The Kier molecular flexibility index (Phi) is 4.46. The van der Waals surface area contributed by atoms with Crippen molar-refractivity contribution >= 4 is 23.7 Å². The van der Waals surface area contributed by atoms with Gasteiger partial charge in [-0.25, -0.2) is 4.79 Å². The van der Waals surface area contributed by atoms with Gasteiger partial charge in [0.05, 0.1) is 6.07 Å². The molecule has 1 aromatic carbocycles. The predicted molar refractivity (Wildman–Crippen MR) is 82.3 cm³/mol. The molecule has 0 bridgehead atoms. The normalized spacial score (nSPS) is 12.3. The van der Waals surface area contributed by atoms with Gasteiger partial charge in [-0.15, -0.1) is 0 Å². The van der Waals surface area contributed by atoms with Crippen molar-refractivity contribution in [3.05, 3.63) is 57.8 Å². The summed E-state index contributed by atoms with van der Waals surface area (Å²) in [6.45, 7) is -0.362. The van der Waals surface area contributed by atoms with Crippen molar-refractivity contribution < 1.29 is 33.1 Å². The Balaban J connectivity index is 1.53. The summed E-state index contributed by atoms with van der Waals surface area (Å²) >= 11 is 0. The van der Waals surface area contributed by atoms with Gasteiger partial charge in [0.25, 0.3) is 0 Å². The van der Waals surface area contributed by atoms with Crippen LogP contribution in [0.3, 0.4) is 0 Å². The molecule has 3 rings (SSSR count). The third kappa shape index (κ3) is 3.83. The molecule has 1 aromatic heterocycles. The average molecular weight is 345 g/mol. The van der Waals surface area contributed by atoms with E-state index in [1.807, 2.05) is 0 Å². The van der Waals surface area contributed by atoms with Gasteiger partial charge >= 0.3 is 11.9 Å². The van der Waals surface area contributed by atoms with Crippen molar-refractivity contribution in [1.82, 2.24) is 0 Å². The molecular weight excluding hydrogens is 334 g/mol. The highest BCUT2D eigenvalue weighted by atomic mass is 16.7. The molecule has 0 N–H and O–H groups in total. The molecule has 0 amide bonds. The van der Waals surface area contributed by atoms with E-state index in [1.165, 1.54) is 18.2 Å². The molecule has 128 valence electrons. The van der Waals surface area contributed by atoms with Crippen LogP contribution in [0.4, 0.5) is 5.88 Å². The molecule has 0 unspecified atom stereocenters. The Labute approximate surface area is 140 Å². The number of rotatable bonds is 6. The number of nitrogens with zero attached hydrogens (tertiary/aromatic N) is 1. The van der Waals surface area contributed by atoms with Crippen LogP contribution >= 0.6 is 0 Å². The van der Waals surface area contributed by atoms with Gasteiger partial charge in [-0.1, -0.05) is 0 Å². The van der Waals surface area contributed by atoms with Crippen LogP contribution in [0.2, 0.25) is 0 Å². The number of Topliss-reactive ketones (excluding diaryl/α,β-unsaturated/α-hetero) is 1. The summed E-state index contributed by atoms with van der Waals surface area (Å²) in [5.41, 5.74) is 0.322. The van der Waals surface area contributed by atoms with Crippen LogP contribution in [0.25, 0.3) is 6.08 Å². The van der Waals surface area contributed by atoms with Crippen LogP contribution in [0.15, 0.2) is 40.8 Å². The zero-order chi connectivity index (χ0) is 17.8. The highest BCUT2D eigenvalue weighted by Crippen LogP contribution is 2.32. The lowest BCUT2D eigenvalue weighted by Gasteiger charge is -2.03. The Morgan fingerprint density at radius 1 is 1.20 bits per heavy atom. The van der Waals surface area contributed by atoms with Crippen molar-refractivity contribution in [3.63, 3.8) is 0 Å². The summed E-state index contributed by atoms with van der Waals surface area (Å²) < 4.78 is 20.0. The Hall–Kier alpha value is -3.62. The largest absolute Gasteiger partial charge is 0.454 e. The number of hydrogen-bond donors (Lipinski definition) is 0. The molecule has 0 saturated heterocycles. The second-order valence-corrected chi connectivity index (χ2v) is 4.87. The molecule has 0 saturated carbocycles. The van der Waals surface area contributed by atoms with Gasteiger partial charge in [-0.2, -0.15) is 0 Å². The number of furan rings is 1. The highest BCUT2D eigenvalue weighted by molar-refractivity contribution is 5.99. The topological polar surface area (TPSA) is 118 Å². The molecule has 0 spiro atoms. The van der Waals surface area contributed by atoms with Crippen molar-refractivity contribution in [2.24, 2.45) is 0 Å². The molecule has 1 aliphatic heterocycles. The molecule has 2 aromatic rings. The maximum atomic E-state index is 12.0. The molecule has 0 atom stereocenters. The number of carbonyl (C=O) groups is 2. The summed E-state index contributed by atoms with van der Waals surface area (Å²) in [5.74, 6) is -0.515. The van der Waals surface area contributed by atoms with Crippen LogP contribution in [0.1, 0.15) is 16.1 Å². The fourth-order valence-electron chi connectivity index (χ4n) is 2.02. The highest BCUT2D eigenvalue weighted by Gasteiger charge is 2.17. The Bertz CT molecular complexity index is 867. The van der Waals surface area contributed by atoms with E-state index in [-0.39, 0.29) is 12.6 Å². The minimum Gasteiger partial charge on any atom is -0.454 e. The minimum absolute atomic E-state index is 0.0949. The number of ether oxygens (including phenoxy) is 3. The van der Waals surface area contributed by atoms with Gasteiger partial charge in [0.1, 0.15) is 10.7 Å². The molecule has 0 fully saturated rings. The number of carbonyl (C=O) groups excluding carboxylic acids is 2. The fourth-order valence-corrected chi connectivity index (χ4v) is 2.02. The maximum absolute atomic E-state index is 12.0. The van der Waals surface area contributed by atoms with Crippen LogP contribution in [0.5, 0.6) is 11.5 Å². The Morgan fingerprint density at radius 3 is 2.76 bits per heavy atom. The molecule has 25 heavy (non-hydrogen) atoms. The van der Waals surface area contributed by atoms with Gasteiger partial charge in [0.15, 0.2) is 23.9 Å². The first-order chi connectivity index (χ1) is 12.0. The van der Waals surface area contributed by atoms with E-state index in [0.29, 0.717) is 17.1 Å². The van der Waals surface area contributed by atoms with Gasteiger partial charge in [-0.3, -0.25) is 14.9 Å². The fraction of sp³-hybridized carbons (Fsp3) is 0.125. The van der Waals surface area contributed by atoms with Gasteiger partial charge in [0, 0.05) is 11.6 Å². The van der Waals surface area contributed by atoms with Gasteiger partial charge < -0.3 is 18.6 Å². The minimum atomic E-state index is -0.784. The Morgan fingerprint density at radius 2 is 2.00 bits per heavy atom. The van der Waals surface area contributed by atoms with Gasteiger partial charge in [0.2, 0.25) is 6.79 Å². The van der Waals surface area contributed by atoms with Crippen LogP contribution in [-0.4, -0.2) is 30.1 Å². The first-order valence-corrected chi connectivity index (χ1v) is 7.05. The summed E-state index contributed by atoms with van der Waals surface area (Å²) in [7, 11) is 0. The monoisotopic (exact) mass is 345 g/mol. The van der Waals surface area contributed by atoms with Crippen molar-refractivity contribution in [1.29, 1.82) is 0 Å². The van der Waals surface area contributed by atoms with Crippen molar-refractivity contribution in [2.45, 2.75) is 0 Å². The lowest BCUT2D eigenvalue weighted by Crippen LogP contribution is -2.12. The number of nitro groups is 1. The van der Waals surface area contributed by atoms with E-state index in [2.05, 4.69) is 0 Å². The number of ketones is 1. The molecular formula is C16H11NO8. The molecule has 9 nitrogen and oxygen atoms in total. The zero-order valence-electron chi connectivity index (χ0n) is 12.7. The number of hydrogen-bond acceptors (Lipinski definition) is 8. The van der Waals surface area contributed by atoms with E-state index >= 15 is 0 Å². The maximum Gasteiger partial charge on any atom is 0.433 e. The number of fused-ring (bicyclic) bond motifs is 1. The molecule has 0 radical (unpaired) electrons. The third-order valence-electron chi connectivity index (χ3n) is 3.22. The number of benzene rings is 1. The summed E-state index contributed by atoms with van der Waals surface area (Å²) in [5, 5.41) is 10.5. The standard InChI is InChI=1S/C16H11NO8/c18-12(10-1-4-13-14(7-10)24-9-23-13)8-22-16(19)6-3-11-2-5-15(25-11)17(20)21/h1-7H,8-9H2/b6-3+. The van der Waals surface area contributed by atoms with Crippen LogP contribution in [0, 0.1) is 10.1 Å². The second-order valence-electron chi connectivity index (χ2n) is 4.87. The smallest absolute Gasteiger partial charge is 0.433 e. The van der Waals surface area contributed by atoms with E-state index < -0.39 is 29.2 Å². The lowest BCUT2D eigenvalue weighted by atomic mass is 10.1. The van der Waals surface area contributed by atoms with Crippen molar-refractivity contribution in [2.75, 3.05) is 13.4 Å². The van der Waals surface area contributed by atoms with Crippen LogP contribution < -0.4 is 9.47 Å². The van der Waals surface area contributed by atoms with E-state index in [4.69, 9.17) is 18.6 Å². The second kappa shape index (κ2) is 6.87. The first-order valence-electron chi connectivity index (χ1n) is 7.05. The quantitative estimate of drug-likeness (QED) is 0.257. The van der Waals surface area contributed by atoms with E-state index in [9.17, 15) is 19.7 Å². The molecule has 1 aliphatic rings. The molecule has 2 heterocycles. The molecule has 0 aliphatic carbocycles. The predicted octanol–water partition coefficient (Wildman–Crippen LogP) is 2.36. The average Bonchev–Trinajstić information content (AvgIpc) is 3.26. The summed E-state index contributed by atoms with van der Waals surface area (Å²) in [6.07, 6.45) is 2.22.